The van der Waals surface area contributed by atoms with Gasteiger partial charge in [0, 0.05) is 22.7 Å². The maximum atomic E-state index is 12.0. The van der Waals surface area contributed by atoms with Crippen LogP contribution in [0.4, 0.5) is 5.69 Å². The highest BCUT2D eigenvalue weighted by atomic mass is 35.5. The third-order valence-electron chi connectivity index (χ3n) is 3.52. The van der Waals surface area contributed by atoms with E-state index in [9.17, 15) is 14.4 Å². The summed E-state index contributed by atoms with van der Waals surface area (Å²) in [5.74, 6) is -0.310. The molecule has 0 fully saturated rings. The van der Waals surface area contributed by atoms with Crippen molar-refractivity contribution in [3.63, 3.8) is 0 Å². The Labute approximate surface area is 200 Å². The summed E-state index contributed by atoms with van der Waals surface area (Å²) >= 11 is 11.1. The Morgan fingerprint density at radius 3 is 1.58 bits per heavy atom. The normalized spacial score (nSPS) is 8.58. The third kappa shape index (κ3) is 12.9. The predicted octanol–water partition coefficient (Wildman–Crippen LogP) is 7.49. The van der Waals surface area contributed by atoms with Gasteiger partial charge in [-0.2, -0.15) is 0 Å². The number of hydrogen-bond acceptors (Lipinski definition) is 4. The van der Waals surface area contributed by atoms with Crippen molar-refractivity contribution in [3.8, 4) is 0 Å². The molecule has 1 aromatic carbocycles. The first kappa shape index (κ1) is 36.9. The zero-order valence-electron chi connectivity index (χ0n) is 21.5. The molecule has 0 bridgehead atoms. The molecule has 31 heavy (non-hydrogen) atoms. The number of halogens is 2. The van der Waals surface area contributed by atoms with Gasteiger partial charge in [0.15, 0.2) is 5.78 Å². The van der Waals surface area contributed by atoms with Crippen LogP contribution in [0, 0.1) is 20.8 Å². The van der Waals surface area contributed by atoms with E-state index in [4.69, 9.17) is 27.9 Å². The van der Waals surface area contributed by atoms with E-state index in [-0.39, 0.29) is 30.4 Å². The van der Waals surface area contributed by atoms with Gasteiger partial charge in [-0.05, 0) is 56.0 Å². The first-order chi connectivity index (χ1) is 14.7. The average molecular weight is 481 g/mol. The molecule has 0 spiro atoms. The molecule has 1 N–H and O–H groups in total. The number of anilines is 1. The summed E-state index contributed by atoms with van der Waals surface area (Å²) in [6.45, 7) is 22.6. The van der Waals surface area contributed by atoms with Crippen molar-refractivity contribution in [2.24, 2.45) is 0 Å². The molecule has 0 saturated heterocycles. The largest absolute Gasteiger partial charge is 0.370 e. The lowest BCUT2D eigenvalue weighted by Crippen LogP contribution is -2.22. The molecule has 1 amide bonds. The summed E-state index contributed by atoms with van der Waals surface area (Å²) in [4.78, 5) is 35.6. The van der Waals surface area contributed by atoms with Crippen LogP contribution in [0.5, 0.6) is 0 Å². The molecule has 7 heteroatoms. The smallest absolute Gasteiger partial charge is 0.253 e. The summed E-state index contributed by atoms with van der Waals surface area (Å²) in [6.07, 6.45) is 0. The fourth-order valence-corrected chi connectivity index (χ4v) is 3.02. The van der Waals surface area contributed by atoms with E-state index in [0.717, 1.165) is 0 Å². The number of benzene rings is 1. The maximum Gasteiger partial charge on any atom is 0.253 e. The number of nitrogens with one attached hydrogen (secondary N) is 1. The van der Waals surface area contributed by atoms with Crippen LogP contribution in [-0.4, -0.2) is 36.0 Å². The Balaban J connectivity index is -0.000000407. The van der Waals surface area contributed by atoms with Gasteiger partial charge in [0.05, 0.1) is 6.61 Å². The molecule has 0 atom stereocenters. The van der Waals surface area contributed by atoms with Gasteiger partial charge in [0.2, 0.25) is 5.91 Å². The van der Waals surface area contributed by atoms with E-state index in [2.05, 4.69) is 5.32 Å². The Morgan fingerprint density at radius 2 is 1.23 bits per heavy atom. The van der Waals surface area contributed by atoms with Crippen molar-refractivity contribution >= 4 is 45.8 Å². The fraction of sp³-hybridized carbons (Fsp3) is 0.625. The highest BCUT2D eigenvalue weighted by molar-refractivity contribution is 6.68. The van der Waals surface area contributed by atoms with Gasteiger partial charge in [-0.15, -0.1) is 11.6 Å². The molecule has 5 nitrogen and oxygen atoms in total. The average Bonchev–Trinajstić information content (AvgIpc) is 2.76. The van der Waals surface area contributed by atoms with Crippen LogP contribution in [0.25, 0.3) is 0 Å². The Kier molecular flexibility index (Phi) is 27.7. The van der Waals surface area contributed by atoms with E-state index in [0.29, 0.717) is 27.9 Å². The molecular formula is C24H43Cl2NO4. The van der Waals surface area contributed by atoms with Crippen LogP contribution >= 0.6 is 23.2 Å². The number of carbonyl (C=O) groups excluding carboxylic acids is 3. The van der Waals surface area contributed by atoms with Gasteiger partial charge >= 0.3 is 0 Å². The van der Waals surface area contributed by atoms with Crippen LogP contribution in [0.1, 0.15) is 99.7 Å². The zero-order valence-corrected chi connectivity index (χ0v) is 23.0. The highest BCUT2D eigenvalue weighted by Gasteiger charge is 2.23. The van der Waals surface area contributed by atoms with Gasteiger partial charge < -0.3 is 10.1 Å². The minimum atomic E-state index is -0.670. The predicted molar refractivity (Wildman–Crippen MR) is 136 cm³/mol. The van der Waals surface area contributed by atoms with Gasteiger partial charge in [0.1, 0.15) is 6.61 Å². The van der Waals surface area contributed by atoms with Gasteiger partial charge in [-0.25, -0.2) is 0 Å². The monoisotopic (exact) mass is 479 g/mol. The number of hydrogen-bond donors (Lipinski definition) is 1. The minimum absolute atomic E-state index is 0.168. The van der Waals surface area contributed by atoms with E-state index < -0.39 is 11.1 Å². The third-order valence-corrected chi connectivity index (χ3v) is 3.86. The summed E-state index contributed by atoms with van der Waals surface area (Å²) in [6, 6.07) is 0. The van der Waals surface area contributed by atoms with Crippen molar-refractivity contribution in [2.75, 3.05) is 24.4 Å². The lowest BCUT2D eigenvalue weighted by Gasteiger charge is -2.19. The van der Waals surface area contributed by atoms with Crippen LogP contribution < -0.4 is 5.32 Å². The van der Waals surface area contributed by atoms with Gasteiger partial charge in [0.25, 0.3) is 5.24 Å². The maximum absolute atomic E-state index is 12.0. The second kappa shape index (κ2) is 23.2. The van der Waals surface area contributed by atoms with Gasteiger partial charge in [-0.3, -0.25) is 14.4 Å². The summed E-state index contributed by atoms with van der Waals surface area (Å²) in [5.41, 5.74) is 2.67. The van der Waals surface area contributed by atoms with Crippen molar-refractivity contribution in [3.05, 3.63) is 27.8 Å². The quantitative estimate of drug-likeness (QED) is 0.190. The van der Waals surface area contributed by atoms with Crippen molar-refractivity contribution < 1.29 is 19.1 Å². The minimum Gasteiger partial charge on any atom is -0.370 e. The molecule has 182 valence electrons. The number of rotatable bonds is 7. The Bertz CT molecular complexity index is 618. The number of ketones is 1. The number of amides is 1. The van der Waals surface area contributed by atoms with Crippen LogP contribution in [0.3, 0.4) is 0 Å². The van der Waals surface area contributed by atoms with E-state index in [1.165, 1.54) is 6.92 Å². The molecule has 0 aliphatic heterocycles. The number of alkyl halides is 1. The van der Waals surface area contributed by atoms with E-state index >= 15 is 0 Å². The molecular weight excluding hydrogens is 437 g/mol. The fourth-order valence-electron chi connectivity index (χ4n) is 2.62. The molecule has 0 radical (unpaired) electrons. The molecule has 0 unspecified atom stereocenters. The number of ether oxygens (including phenoxy) is 1. The molecule has 1 aromatic rings. The van der Waals surface area contributed by atoms with Crippen LogP contribution in [-0.2, 0) is 9.53 Å². The van der Waals surface area contributed by atoms with Crippen molar-refractivity contribution in [2.45, 2.75) is 83.1 Å². The van der Waals surface area contributed by atoms with Crippen molar-refractivity contribution in [1.82, 2.24) is 0 Å². The molecule has 0 saturated carbocycles. The zero-order chi connectivity index (χ0) is 25.7. The molecule has 0 aromatic heterocycles. The Morgan fingerprint density at radius 1 is 0.806 bits per heavy atom. The summed E-state index contributed by atoms with van der Waals surface area (Å²) in [7, 11) is 0. The molecule has 0 aliphatic carbocycles. The second-order valence-electron chi connectivity index (χ2n) is 5.12. The van der Waals surface area contributed by atoms with Crippen LogP contribution in [0.2, 0.25) is 0 Å². The highest BCUT2D eigenvalue weighted by Crippen LogP contribution is 2.32. The topological polar surface area (TPSA) is 72.5 Å². The van der Waals surface area contributed by atoms with Crippen LogP contribution in [0.15, 0.2) is 0 Å². The van der Waals surface area contributed by atoms with Crippen molar-refractivity contribution in [1.29, 1.82) is 0 Å². The van der Waals surface area contributed by atoms with Gasteiger partial charge in [-0.1, -0.05) is 55.4 Å². The second-order valence-corrected chi connectivity index (χ2v) is 5.84. The first-order valence-electron chi connectivity index (χ1n) is 11.0. The van der Waals surface area contributed by atoms with E-state index in [1.807, 2.05) is 55.4 Å². The number of Topliss-reactive ketones (excluding diaryl/α,β-unsaturated/α-hetero) is 1. The summed E-state index contributed by atoms with van der Waals surface area (Å²) < 4.78 is 5.07. The lowest BCUT2D eigenvalue weighted by atomic mass is 9.90. The first-order valence-corrected chi connectivity index (χ1v) is 11.9. The van der Waals surface area contributed by atoms with E-state index in [1.54, 1.807) is 20.8 Å². The lowest BCUT2D eigenvalue weighted by molar-refractivity contribution is -0.120. The SMILES string of the molecule is CC.CC.CC.CC.CC(=O)c1c(C)c(NC(=O)COCCCl)c(C)c(C(=O)Cl)c1C. The Hall–Kier alpha value is -1.43. The molecule has 1 rings (SSSR count). The molecule has 0 aliphatic rings. The standard InChI is InChI=1S/C16H19Cl2NO4.4C2H6/c1-8-13(11(4)20)9(2)15(10(3)14(8)16(18)22)19-12(21)7-23-6-5-17;4*1-2/h5-7H2,1-4H3,(H,19,21);4*1-2H3. The molecule has 0 heterocycles. The number of carbonyl (C=O) groups is 3. The summed E-state index contributed by atoms with van der Waals surface area (Å²) in [5, 5.41) is 2.02.